The lowest BCUT2D eigenvalue weighted by molar-refractivity contribution is -0.115. The second-order valence-corrected chi connectivity index (χ2v) is 5.64. The highest BCUT2D eigenvalue weighted by Gasteiger charge is 2.13. The van der Waals surface area contributed by atoms with Crippen molar-refractivity contribution in [1.82, 2.24) is 9.78 Å². The van der Waals surface area contributed by atoms with E-state index in [0.29, 0.717) is 28.9 Å². The van der Waals surface area contributed by atoms with Gasteiger partial charge in [0.2, 0.25) is 5.91 Å². The lowest BCUT2D eigenvalue weighted by Gasteiger charge is -2.13. The fraction of sp³-hybridized carbons (Fsp3) is 0.211. The number of aromatic nitrogens is 2. The van der Waals surface area contributed by atoms with Gasteiger partial charge in [-0.2, -0.15) is 5.10 Å². The summed E-state index contributed by atoms with van der Waals surface area (Å²) in [4.78, 5) is 24.1. The Morgan fingerprint density at radius 2 is 1.92 bits per heavy atom. The molecule has 0 spiro atoms. The van der Waals surface area contributed by atoms with Crippen LogP contribution in [0, 0.1) is 0 Å². The second kappa shape index (κ2) is 6.76. The number of hydrogen-bond donors (Lipinski definition) is 1. The van der Waals surface area contributed by atoms with Gasteiger partial charge in [0, 0.05) is 24.4 Å². The number of ether oxygens (including phenoxy) is 1. The van der Waals surface area contributed by atoms with E-state index in [9.17, 15) is 9.59 Å². The van der Waals surface area contributed by atoms with E-state index in [4.69, 9.17) is 4.74 Å². The Morgan fingerprint density at radius 3 is 2.60 bits per heavy atom. The van der Waals surface area contributed by atoms with Crippen LogP contribution in [0.5, 0.6) is 5.75 Å². The molecule has 0 bridgehead atoms. The Bertz CT molecular complexity index is 1010. The van der Waals surface area contributed by atoms with Crippen LogP contribution in [0.4, 0.5) is 5.69 Å². The van der Waals surface area contributed by atoms with Crippen LogP contribution >= 0.6 is 0 Å². The van der Waals surface area contributed by atoms with Crippen molar-refractivity contribution < 1.29 is 9.53 Å². The minimum absolute atomic E-state index is 0.103. The fourth-order valence-corrected chi connectivity index (χ4v) is 2.70. The van der Waals surface area contributed by atoms with Gasteiger partial charge in [-0.25, -0.2) is 4.68 Å². The van der Waals surface area contributed by atoms with Gasteiger partial charge in [0.05, 0.1) is 23.9 Å². The number of anilines is 1. The van der Waals surface area contributed by atoms with E-state index in [1.165, 1.54) is 4.68 Å². The van der Waals surface area contributed by atoms with E-state index in [1.807, 2.05) is 30.3 Å². The number of fused-ring (bicyclic) bond motifs is 1. The van der Waals surface area contributed by atoms with E-state index in [0.717, 1.165) is 10.9 Å². The Hall–Kier alpha value is -3.15. The molecule has 0 radical (unpaired) electrons. The average molecular weight is 337 g/mol. The topological polar surface area (TPSA) is 73.2 Å². The number of aryl methyl sites for hydroxylation is 1. The highest BCUT2D eigenvalue weighted by atomic mass is 16.5. The molecule has 6 nitrogen and oxygen atoms in total. The van der Waals surface area contributed by atoms with Crippen molar-refractivity contribution in [3.8, 4) is 17.0 Å². The quantitative estimate of drug-likeness (QED) is 0.794. The molecule has 2 aromatic carbocycles. The minimum atomic E-state index is -0.146. The molecule has 3 rings (SSSR count). The van der Waals surface area contributed by atoms with Crippen molar-refractivity contribution in [2.75, 3.05) is 12.4 Å². The van der Waals surface area contributed by atoms with Crippen LogP contribution in [-0.4, -0.2) is 22.8 Å². The number of carbonyl (C=O) groups excluding carboxylic acids is 1. The summed E-state index contributed by atoms with van der Waals surface area (Å²) in [6.07, 6.45) is 0.369. The van der Waals surface area contributed by atoms with Gasteiger partial charge in [-0.3, -0.25) is 9.59 Å². The number of benzene rings is 2. The van der Waals surface area contributed by atoms with Crippen LogP contribution in [0.15, 0.2) is 47.3 Å². The van der Waals surface area contributed by atoms with Crippen LogP contribution in [0.2, 0.25) is 0 Å². The van der Waals surface area contributed by atoms with Gasteiger partial charge < -0.3 is 10.1 Å². The third-order valence-electron chi connectivity index (χ3n) is 4.02. The summed E-state index contributed by atoms with van der Waals surface area (Å²) in [7, 11) is 3.18. The standard InChI is InChI=1S/C19H19N3O3/c1-4-17(23)20-15-11-12(9-10-16(15)25-3)18-13-7-5-6-8-14(13)19(24)22(2)21-18/h5-11H,4H2,1-3H3,(H,20,23). The van der Waals surface area contributed by atoms with Crippen molar-refractivity contribution in [3.05, 3.63) is 52.8 Å². The molecule has 0 saturated carbocycles. The molecule has 0 unspecified atom stereocenters. The molecule has 0 aliphatic rings. The SMILES string of the molecule is CCC(=O)Nc1cc(-c2nn(C)c(=O)c3ccccc23)ccc1OC. The summed E-state index contributed by atoms with van der Waals surface area (Å²) < 4.78 is 6.65. The van der Waals surface area contributed by atoms with E-state index in [2.05, 4.69) is 10.4 Å². The lowest BCUT2D eigenvalue weighted by atomic mass is 10.0. The monoisotopic (exact) mass is 337 g/mol. The summed E-state index contributed by atoms with van der Waals surface area (Å²) in [6, 6.07) is 12.8. The Balaban J connectivity index is 2.22. The highest BCUT2D eigenvalue weighted by Crippen LogP contribution is 2.32. The molecule has 0 saturated heterocycles. The van der Waals surface area contributed by atoms with Crippen LogP contribution in [-0.2, 0) is 11.8 Å². The van der Waals surface area contributed by atoms with E-state index >= 15 is 0 Å². The average Bonchev–Trinajstić information content (AvgIpc) is 2.64. The first-order valence-corrected chi connectivity index (χ1v) is 7.99. The zero-order valence-corrected chi connectivity index (χ0v) is 14.4. The van der Waals surface area contributed by atoms with Crippen molar-refractivity contribution in [1.29, 1.82) is 0 Å². The smallest absolute Gasteiger partial charge is 0.274 e. The number of amides is 1. The van der Waals surface area contributed by atoms with E-state index < -0.39 is 0 Å². The number of nitrogens with zero attached hydrogens (tertiary/aromatic N) is 2. The summed E-state index contributed by atoms with van der Waals surface area (Å²) in [5, 5.41) is 8.62. The van der Waals surface area contributed by atoms with Gasteiger partial charge in [-0.1, -0.05) is 25.1 Å². The first-order valence-electron chi connectivity index (χ1n) is 7.99. The summed E-state index contributed by atoms with van der Waals surface area (Å²) in [6.45, 7) is 1.79. The van der Waals surface area contributed by atoms with Gasteiger partial charge in [-0.05, 0) is 24.3 Å². The normalized spacial score (nSPS) is 10.7. The molecular weight excluding hydrogens is 318 g/mol. The molecule has 6 heteroatoms. The maximum Gasteiger partial charge on any atom is 0.274 e. The predicted octanol–water partition coefficient (Wildman–Crippen LogP) is 2.96. The number of methoxy groups -OCH3 is 1. The van der Waals surface area contributed by atoms with Crippen molar-refractivity contribution >= 4 is 22.4 Å². The molecule has 1 N–H and O–H groups in total. The summed E-state index contributed by atoms with van der Waals surface area (Å²) in [5.74, 6) is 0.466. The highest BCUT2D eigenvalue weighted by molar-refractivity contribution is 5.96. The Morgan fingerprint density at radius 1 is 1.20 bits per heavy atom. The molecule has 0 aliphatic carbocycles. The summed E-state index contributed by atoms with van der Waals surface area (Å²) in [5.41, 5.74) is 1.89. The zero-order valence-electron chi connectivity index (χ0n) is 14.4. The maximum atomic E-state index is 12.3. The third kappa shape index (κ3) is 3.10. The Labute approximate surface area is 145 Å². The van der Waals surface area contributed by atoms with Gasteiger partial charge in [0.25, 0.3) is 5.56 Å². The molecule has 128 valence electrons. The fourth-order valence-electron chi connectivity index (χ4n) is 2.70. The third-order valence-corrected chi connectivity index (χ3v) is 4.02. The molecule has 25 heavy (non-hydrogen) atoms. The maximum absolute atomic E-state index is 12.3. The van der Waals surface area contributed by atoms with E-state index in [-0.39, 0.29) is 11.5 Å². The van der Waals surface area contributed by atoms with Crippen molar-refractivity contribution in [3.63, 3.8) is 0 Å². The number of hydrogen-bond acceptors (Lipinski definition) is 4. The van der Waals surface area contributed by atoms with Crippen LogP contribution < -0.4 is 15.6 Å². The largest absolute Gasteiger partial charge is 0.495 e. The van der Waals surface area contributed by atoms with Crippen molar-refractivity contribution in [2.24, 2.45) is 7.05 Å². The number of carbonyl (C=O) groups is 1. The lowest BCUT2D eigenvalue weighted by Crippen LogP contribution is -2.20. The molecule has 1 amide bonds. The molecular formula is C19H19N3O3. The molecule has 1 heterocycles. The second-order valence-electron chi connectivity index (χ2n) is 5.64. The van der Waals surface area contributed by atoms with Crippen LogP contribution in [0.1, 0.15) is 13.3 Å². The number of nitrogens with one attached hydrogen (secondary N) is 1. The minimum Gasteiger partial charge on any atom is -0.495 e. The first kappa shape index (κ1) is 16.7. The zero-order chi connectivity index (χ0) is 18.0. The molecule has 0 atom stereocenters. The predicted molar refractivity (Wildman–Crippen MR) is 97.9 cm³/mol. The van der Waals surface area contributed by atoms with E-state index in [1.54, 1.807) is 33.2 Å². The summed E-state index contributed by atoms with van der Waals surface area (Å²) >= 11 is 0. The van der Waals surface area contributed by atoms with Gasteiger partial charge in [0.1, 0.15) is 5.75 Å². The van der Waals surface area contributed by atoms with Gasteiger partial charge in [0.15, 0.2) is 0 Å². The van der Waals surface area contributed by atoms with Gasteiger partial charge in [-0.15, -0.1) is 0 Å². The molecule has 0 fully saturated rings. The van der Waals surface area contributed by atoms with Crippen LogP contribution in [0.25, 0.3) is 22.0 Å². The molecule has 1 aromatic heterocycles. The van der Waals surface area contributed by atoms with Crippen molar-refractivity contribution in [2.45, 2.75) is 13.3 Å². The number of rotatable bonds is 4. The first-order chi connectivity index (χ1) is 12.0. The van der Waals surface area contributed by atoms with Crippen LogP contribution in [0.3, 0.4) is 0 Å². The molecule has 0 aliphatic heterocycles. The van der Waals surface area contributed by atoms with Gasteiger partial charge >= 0.3 is 0 Å². The Kier molecular flexibility index (Phi) is 4.52. The molecule has 3 aromatic rings.